The quantitative estimate of drug-likeness (QED) is 0.733. The van der Waals surface area contributed by atoms with E-state index in [1.165, 1.54) is 5.56 Å². The van der Waals surface area contributed by atoms with E-state index in [0.717, 1.165) is 25.2 Å². The molecule has 2 heteroatoms. The summed E-state index contributed by atoms with van der Waals surface area (Å²) in [5.41, 5.74) is 2.41. The Morgan fingerprint density at radius 3 is 2.47 bits per heavy atom. The van der Waals surface area contributed by atoms with E-state index in [9.17, 15) is 0 Å². The van der Waals surface area contributed by atoms with Gasteiger partial charge in [-0.3, -0.25) is 4.90 Å². The maximum absolute atomic E-state index is 8.62. The van der Waals surface area contributed by atoms with Crippen molar-refractivity contribution in [1.82, 2.24) is 4.90 Å². The molecule has 0 fully saturated rings. The molecule has 1 aromatic carbocycles. The molecule has 0 aliphatic heterocycles. The lowest BCUT2D eigenvalue weighted by atomic mass is 10.1. The summed E-state index contributed by atoms with van der Waals surface area (Å²) < 4.78 is 0. The molecular weight excluding hydrogens is 184 g/mol. The second-order valence-electron chi connectivity index (χ2n) is 3.62. The second kappa shape index (κ2) is 6.21. The summed E-state index contributed by atoms with van der Waals surface area (Å²) in [6.45, 7) is 7.45. The Morgan fingerprint density at radius 2 is 1.87 bits per heavy atom. The fraction of sp³-hybridized carbons (Fsp3) is 0.462. The summed E-state index contributed by atoms with van der Waals surface area (Å²) >= 11 is 0. The Morgan fingerprint density at radius 1 is 1.20 bits per heavy atom. The first-order chi connectivity index (χ1) is 7.30. The average Bonchev–Trinajstić information content (AvgIpc) is 2.27. The van der Waals surface area contributed by atoms with Gasteiger partial charge in [-0.15, -0.1) is 0 Å². The molecular formula is C13H18N2. The maximum atomic E-state index is 8.62. The van der Waals surface area contributed by atoms with Crippen LogP contribution in [0.15, 0.2) is 24.3 Å². The van der Waals surface area contributed by atoms with Crippen LogP contribution in [0.4, 0.5) is 0 Å². The number of rotatable bonds is 5. The summed E-state index contributed by atoms with van der Waals surface area (Å²) in [5.74, 6) is 0. The normalized spacial score (nSPS) is 10.3. The molecule has 15 heavy (non-hydrogen) atoms. The van der Waals surface area contributed by atoms with Gasteiger partial charge in [0.2, 0.25) is 0 Å². The summed E-state index contributed by atoms with van der Waals surface area (Å²) in [6, 6.07) is 10.5. The molecule has 0 spiro atoms. The summed E-state index contributed by atoms with van der Waals surface area (Å²) in [6.07, 6.45) is 0.506. The van der Waals surface area contributed by atoms with Crippen LogP contribution in [0.2, 0.25) is 0 Å². The standard InChI is InChI=1S/C13H18N2/c1-3-15(4-2)11-13-7-5-6-12(10-13)8-9-14/h5-7,10H,3-4,8,11H2,1-2H3. The SMILES string of the molecule is CCN(CC)Cc1cccc(CC#N)c1. The largest absolute Gasteiger partial charge is 0.300 e. The van der Waals surface area contributed by atoms with Gasteiger partial charge >= 0.3 is 0 Å². The van der Waals surface area contributed by atoms with E-state index in [0.29, 0.717) is 6.42 Å². The van der Waals surface area contributed by atoms with Crippen molar-refractivity contribution < 1.29 is 0 Å². The first kappa shape index (κ1) is 11.7. The van der Waals surface area contributed by atoms with Gasteiger partial charge in [-0.2, -0.15) is 5.26 Å². The average molecular weight is 202 g/mol. The molecule has 0 saturated heterocycles. The van der Waals surface area contributed by atoms with E-state index in [1.807, 2.05) is 12.1 Å². The van der Waals surface area contributed by atoms with Crippen LogP contribution in [0.25, 0.3) is 0 Å². The number of hydrogen-bond acceptors (Lipinski definition) is 2. The third kappa shape index (κ3) is 3.73. The van der Waals surface area contributed by atoms with E-state index in [2.05, 4.69) is 36.9 Å². The van der Waals surface area contributed by atoms with Crippen LogP contribution >= 0.6 is 0 Å². The number of nitrogens with zero attached hydrogens (tertiary/aromatic N) is 2. The van der Waals surface area contributed by atoms with Gasteiger partial charge in [0.05, 0.1) is 12.5 Å². The van der Waals surface area contributed by atoms with Crippen LogP contribution in [0.1, 0.15) is 25.0 Å². The van der Waals surface area contributed by atoms with Gasteiger partial charge in [-0.05, 0) is 24.2 Å². The van der Waals surface area contributed by atoms with Gasteiger partial charge in [0.25, 0.3) is 0 Å². The minimum absolute atomic E-state index is 0.506. The summed E-state index contributed by atoms with van der Waals surface area (Å²) in [4.78, 5) is 2.37. The second-order valence-corrected chi connectivity index (χ2v) is 3.62. The Hall–Kier alpha value is -1.33. The van der Waals surface area contributed by atoms with Crippen LogP contribution in [0, 0.1) is 11.3 Å². The number of benzene rings is 1. The zero-order chi connectivity index (χ0) is 11.1. The molecule has 2 nitrogen and oxygen atoms in total. The van der Waals surface area contributed by atoms with Crippen molar-refractivity contribution in [3.05, 3.63) is 35.4 Å². The third-order valence-corrected chi connectivity index (χ3v) is 2.58. The van der Waals surface area contributed by atoms with Gasteiger partial charge in [0.15, 0.2) is 0 Å². The molecule has 0 amide bonds. The van der Waals surface area contributed by atoms with Crippen molar-refractivity contribution in [2.24, 2.45) is 0 Å². The Kier molecular flexibility index (Phi) is 4.86. The van der Waals surface area contributed by atoms with Crippen molar-refractivity contribution in [2.75, 3.05) is 13.1 Å². The third-order valence-electron chi connectivity index (χ3n) is 2.58. The van der Waals surface area contributed by atoms with Crippen LogP contribution in [-0.4, -0.2) is 18.0 Å². The van der Waals surface area contributed by atoms with E-state index in [1.54, 1.807) is 0 Å². The van der Waals surface area contributed by atoms with Gasteiger partial charge in [0.1, 0.15) is 0 Å². The van der Waals surface area contributed by atoms with Gasteiger partial charge < -0.3 is 0 Å². The van der Waals surface area contributed by atoms with Crippen molar-refractivity contribution >= 4 is 0 Å². The van der Waals surface area contributed by atoms with Crippen LogP contribution in [-0.2, 0) is 13.0 Å². The van der Waals surface area contributed by atoms with Crippen LogP contribution in [0.3, 0.4) is 0 Å². The van der Waals surface area contributed by atoms with Crippen molar-refractivity contribution in [1.29, 1.82) is 5.26 Å². The van der Waals surface area contributed by atoms with Gasteiger partial charge in [-0.1, -0.05) is 38.1 Å². The topological polar surface area (TPSA) is 27.0 Å². The summed E-state index contributed by atoms with van der Waals surface area (Å²) in [7, 11) is 0. The Bertz CT molecular complexity index is 335. The number of hydrogen-bond donors (Lipinski definition) is 0. The maximum Gasteiger partial charge on any atom is 0.0669 e. The van der Waals surface area contributed by atoms with Crippen molar-refractivity contribution in [3.63, 3.8) is 0 Å². The predicted octanol–water partition coefficient (Wildman–Crippen LogP) is 2.59. The molecule has 0 heterocycles. The Labute approximate surface area is 92.1 Å². The lowest BCUT2D eigenvalue weighted by Crippen LogP contribution is -2.22. The zero-order valence-corrected chi connectivity index (χ0v) is 9.53. The molecule has 0 saturated carbocycles. The van der Waals surface area contributed by atoms with E-state index < -0.39 is 0 Å². The molecule has 80 valence electrons. The minimum Gasteiger partial charge on any atom is -0.300 e. The van der Waals surface area contributed by atoms with E-state index in [-0.39, 0.29) is 0 Å². The minimum atomic E-state index is 0.506. The summed E-state index contributed by atoms with van der Waals surface area (Å²) in [5, 5.41) is 8.62. The molecule has 0 aromatic heterocycles. The highest BCUT2D eigenvalue weighted by Crippen LogP contribution is 2.08. The molecule has 0 bridgehead atoms. The smallest absolute Gasteiger partial charge is 0.0669 e. The van der Waals surface area contributed by atoms with Crippen LogP contribution in [0.5, 0.6) is 0 Å². The monoisotopic (exact) mass is 202 g/mol. The van der Waals surface area contributed by atoms with Crippen LogP contribution < -0.4 is 0 Å². The van der Waals surface area contributed by atoms with E-state index >= 15 is 0 Å². The number of nitriles is 1. The molecule has 0 aliphatic rings. The Balaban J connectivity index is 2.69. The fourth-order valence-electron chi connectivity index (χ4n) is 1.63. The fourth-order valence-corrected chi connectivity index (χ4v) is 1.63. The van der Waals surface area contributed by atoms with E-state index in [4.69, 9.17) is 5.26 Å². The zero-order valence-electron chi connectivity index (χ0n) is 9.53. The molecule has 1 rings (SSSR count). The first-order valence-electron chi connectivity index (χ1n) is 5.47. The first-order valence-corrected chi connectivity index (χ1v) is 5.47. The molecule has 0 atom stereocenters. The molecule has 0 N–H and O–H groups in total. The molecule has 0 unspecified atom stereocenters. The molecule has 0 aliphatic carbocycles. The molecule has 0 radical (unpaired) electrons. The predicted molar refractivity (Wildman–Crippen MR) is 62.4 cm³/mol. The van der Waals surface area contributed by atoms with Gasteiger partial charge in [-0.25, -0.2) is 0 Å². The lowest BCUT2D eigenvalue weighted by molar-refractivity contribution is 0.296. The molecule has 1 aromatic rings. The van der Waals surface area contributed by atoms with Gasteiger partial charge in [0, 0.05) is 6.54 Å². The highest BCUT2D eigenvalue weighted by molar-refractivity contribution is 5.25. The lowest BCUT2D eigenvalue weighted by Gasteiger charge is -2.18. The highest BCUT2D eigenvalue weighted by Gasteiger charge is 2.01. The highest BCUT2D eigenvalue weighted by atomic mass is 15.1. The van der Waals surface area contributed by atoms with Crippen molar-refractivity contribution in [2.45, 2.75) is 26.8 Å². The van der Waals surface area contributed by atoms with Crippen molar-refractivity contribution in [3.8, 4) is 6.07 Å².